The Balaban J connectivity index is 0.00000338. The average molecular weight is 387 g/mol. The largest absolute Gasteiger partial charge is 0.493 e. The molecule has 2 unspecified atom stereocenters. The van der Waals surface area contributed by atoms with E-state index in [2.05, 4.69) is 6.92 Å². The van der Waals surface area contributed by atoms with E-state index in [1.165, 1.54) is 0 Å². The highest BCUT2D eigenvalue weighted by molar-refractivity contribution is 5.85. The van der Waals surface area contributed by atoms with Gasteiger partial charge >= 0.3 is 0 Å². The molecule has 6 nitrogen and oxygen atoms in total. The Labute approximate surface area is 162 Å². The molecule has 7 heteroatoms. The molecule has 1 amide bonds. The van der Waals surface area contributed by atoms with E-state index in [-0.39, 0.29) is 24.4 Å². The SMILES string of the molecule is COc1cc(CCC(=O)N2CCC(C)CC2CN)cc(OC)c1OC.Cl. The van der Waals surface area contributed by atoms with Crippen molar-refractivity contribution in [3.8, 4) is 17.2 Å². The number of hydrogen-bond acceptors (Lipinski definition) is 5. The summed E-state index contributed by atoms with van der Waals surface area (Å²) in [5.74, 6) is 2.57. The summed E-state index contributed by atoms with van der Waals surface area (Å²) in [6.45, 7) is 3.55. The first-order valence-electron chi connectivity index (χ1n) is 8.82. The molecule has 1 aromatic carbocycles. The van der Waals surface area contributed by atoms with Gasteiger partial charge in [-0.3, -0.25) is 4.79 Å². The van der Waals surface area contributed by atoms with Crippen molar-refractivity contribution >= 4 is 18.3 Å². The second-order valence-corrected chi connectivity index (χ2v) is 6.64. The van der Waals surface area contributed by atoms with E-state index < -0.39 is 0 Å². The predicted octanol–water partition coefficient (Wildman–Crippen LogP) is 2.65. The molecule has 0 aromatic heterocycles. The third-order valence-corrected chi connectivity index (χ3v) is 4.92. The first-order chi connectivity index (χ1) is 12.0. The lowest BCUT2D eigenvalue weighted by atomic mass is 9.92. The Hall–Kier alpha value is -1.66. The number of methoxy groups -OCH3 is 3. The molecule has 2 N–H and O–H groups in total. The molecule has 26 heavy (non-hydrogen) atoms. The van der Waals surface area contributed by atoms with Gasteiger partial charge in [0, 0.05) is 25.6 Å². The molecular weight excluding hydrogens is 356 g/mol. The highest BCUT2D eigenvalue weighted by Crippen LogP contribution is 2.38. The lowest BCUT2D eigenvalue weighted by Crippen LogP contribution is -2.49. The first-order valence-corrected chi connectivity index (χ1v) is 8.82. The van der Waals surface area contributed by atoms with E-state index >= 15 is 0 Å². The highest BCUT2D eigenvalue weighted by Gasteiger charge is 2.28. The maximum atomic E-state index is 12.7. The van der Waals surface area contributed by atoms with Crippen LogP contribution in [-0.4, -0.2) is 51.3 Å². The smallest absolute Gasteiger partial charge is 0.223 e. The summed E-state index contributed by atoms with van der Waals surface area (Å²) in [4.78, 5) is 14.6. The van der Waals surface area contributed by atoms with E-state index in [1.807, 2.05) is 17.0 Å². The topological polar surface area (TPSA) is 74.0 Å². The third-order valence-electron chi connectivity index (χ3n) is 4.92. The molecular formula is C19H31ClN2O4. The molecule has 1 aliphatic heterocycles. The molecule has 0 saturated carbocycles. The normalized spacial score (nSPS) is 19.5. The van der Waals surface area contributed by atoms with E-state index in [9.17, 15) is 4.79 Å². The number of halogens is 1. The maximum absolute atomic E-state index is 12.7. The van der Waals surface area contributed by atoms with Gasteiger partial charge < -0.3 is 24.8 Å². The van der Waals surface area contributed by atoms with Crippen LogP contribution in [0, 0.1) is 5.92 Å². The highest BCUT2D eigenvalue weighted by atomic mass is 35.5. The van der Waals surface area contributed by atoms with Crippen LogP contribution in [0.2, 0.25) is 0 Å². The molecule has 2 atom stereocenters. The van der Waals surface area contributed by atoms with Crippen LogP contribution >= 0.6 is 12.4 Å². The van der Waals surface area contributed by atoms with Crippen LogP contribution in [0.25, 0.3) is 0 Å². The van der Waals surface area contributed by atoms with Crippen molar-refractivity contribution < 1.29 is 19.0 Å². The molecule has 148 valence electrons. The summed E-state index contributed by atoms with van der Waals surface area (Å²) >= 11 is 0. The Morgan fingerprint density at radius 3 is 2.31 bits per heavy atom. The Kier molecular flexibility index (Phi) is 9.02. The standard InChI is InChI=1S/C19H30N2O4.ClH/c1-13-7-8-21(15(9-13)12-20)18(22)6-5-14-10-16(23-2)19(25-4)17(11-14)24-3;/h10-11,13,15H,5-9,12,20H2,1-4H3;1H. The van der Waals surface area contributed by atoms with Gasteiger partial charge in [0.25, 0.3) is 0 Å². The fourth-order valence-electron chi connectivity index (χ4n) is 3.48. The molecule has 1 aliphatic rings. The van der Waals surface area contributed by atoms with Crippen molar-refractivity contribution in [3.05, 3.63) is 17.7 Å². The zero-order chi connectivity index (χ0) is 18.4. The first kappa shape index (κ1) is 22.4. The second kappa shape index (κ2) is 10.5. The monoisotopic (exact) mass is 386 g/mol. The Morgan fingerprint density at radius 1 is 1.19 bits per heavy atom. The number of hydrogen-bond donors (Lipinski definition) is 1. The van der Waals surface area contributed by atoms with E-state index in [0.29, 0.717) is 42.6 Å². The van der Waals surface area contributed by atoms with Crippen molar-refractivity contribution in [2.75, 3.05) is 34.4 Å². The number of carbonyl (C=O) groups excluding carboxylic acids is 1. The van der Waals surface area contributed by atoms with Gasteiger partial charge in [0.15, 0.2) is 11.5 Å². The number of aryl methyl sites for hydroxylation is 1. The van der Waals surface area contributed by atoms with Crippen LogP contribution in [0.5, 0.6) is 17.2 Å². The third kappa shape index (κ3) is 5.17. The summed E-state index contributed by atoms with van der Waals surface area (Å²) in [5, 5.41) is 0. The zero-order valence-electron chi connectivity index (χ0n) is 16.1. The number of nitrogens with zero attached hydrogens (tertiary/aromatic N) is 1. The fourth-order valence-corrected chi connectivity index (χ4v) is 3.48. The number of likely N-dealkylation sites (tertiary alicyclic amines) is 1. The van der Waals surface area contributed by atoms with Crippen LogP contribution in [0.15, 0.2) is 12.1 Å². The van der Waals surface area contributed by atoms with Crippen molar-refractivity contribution in [1.82, 2.24) is 4.90 Å². The van der Waals surface area contributed by atoms with Crippen LogP contribution < -0.4 is 19.9 Å². The van der Waals surface area contributed by atoms with Gasteiger partial charge in [0.1, 0.15) is 0 Å². The summed E-state index contributed by atoms with van der Waals surface area (Å²) in [6, 6.07) is 3.96. The summed E-state index contributed by atoms with van der Waals surface area (Å²) in [7, 11) is 4.76. The molecule has 1 saturated heterocycles. The number of ether oxygens (including phenoxy) is 3. The van der Waals surface area contributed by atoms with Crippen LogP contribution in [0.4, 0.5) is 0 Å². The van der Waals surface area contributed by atoms with Crippen LogP contribution in [-0.2, 0) is 11.2 Å². The second-order valence-electron chi connectivity index (χ2n) is 6.64. The quantitative estimate of drug-likeness (QED) is 0.779. The summed E-state index contributed by atoms with van der Waals surface area (Å²) in [6.07, 6.45) is 3.11. The molecule has 0 aliphatic carbocycles. The number of amides is 1. The van der Waals surface area contributed by atoms with Gasteiger partial charge in [-0.25, -0.2) is 0 Å². The molecule has 1 aromatic rings. The minimum Gasteiger partial charge on any atom is -0.493 e. The van der Waals surface area contributed by atoms with Gasteiger partial charge in [-0.15, -0.1) is 12.4 Å². The number of benzene rings is 1. The fraction of sp³-hybridized carbons (Fsp3) is 0.632. The van der Waals surface area contributed by atoms with Gasteiger partial charge in [-0.1, -0.05) is 6.92 Å². The lowest BCUT2D eigenvalue weighted by Gasteiger charge is -2.38. The molecule has 0 spiro atoms. The predicted molar refractivity (Wildman–Crippen MR) is 105 cm³/mol. The van der Waals surface area contributed by atoms with E-state index in [4.69, 9.17) is 19.9 Å². The summed E-state index contributed by atoms with van der Waals surface area (Å²) < 4.78 is 16.1. The van der Waals surface area contributed by atoms with E-state index in [1.54, 1.807) is 21.3 Å². The van der Waals surface area contributed by atoms with Crippen LogP contribution in [0.3, 0.4) is 0 Å². The maximum Gasteiger partial charge on any atom is 0.223 e. The minimum absolute atomic E-state index is 0. The lowest BCUT2D eigenvalue weighted by molar-refractivity contribution is -0.135. The van der Waals surface area contributed by atoms with Crippen molar-refractivity contribution in [3.63, 3.8) is 0 Å². The number of nitrogens with two attached hydrogens (primary N) is 1. The van der Waals surface area contributed by atoms with Gasteiger partial charge in [-0.2, -0.15) is 0 Å². The number of rotatable bonds is 7. The molecule has 0 radical (unpaired) electrons. The Morgan fingerprint density at radius 2 is 1.81 bits per heavy atom. The van der Waals surface area contributed by atoms with Crippen molar-refractivity contribution in [2.24, 2.45) is 11.7 Å². The van der Waals surface area contributed by atoms with E-state index in [0.717, 1.165) is 24.9 Å². The van der Waals surface area contributed by atoms with Gasteiger partial charge in [-0.05, 0) is 42.9 Å². The summed E-state index contributed by atoms with van der Waals surface area (Å²) in [5.41, 5.74) is 6.85. The number of piperidine rings is 1. The average Bonchev–Trinajstić information content (AvgIpc) is 2.64. The number of carbonyl (C=O) groups is 1. The van der Waals surface area contributed by atoms with Crippen LogP contribution in [0.1, 0.15) is 31.7 Å². The minimum atomic E-state index is 0. The van der Waals surface area contributed by atoms with Gasteiger partial charge in [0.2, 0.25) is 11.7 Å². The molecule has 1 fully saturated rings. The van der Waals surface area contributed by atoms with Crippen molar-refractivity contribution in [1.29, 1.82) is 0 Å². The molecule has 0 bridgehead atoms. The zero-order valence-corrected chi connectivity index (χ0v) is 16.9. The molecule has 2 rings (SSSR count). The van der Waals surface area contributed by atoms with Crippen molar-refractivity contribution in [2.45, 2.75) is 38.6 Å². The van der Waals surface area contributed by atoms with Gasteiger partial charge in [0.05, 0.1) is 21.3 Å². The Bertz CT molecular complexity index is 572. The molecule has 1 heterocycles.